The Balaban J connectivity index is 1.60. The maximum atomic E-state index is 12.6. The first kappa shape index (κ1) is 20.6. The average molecular weight is 449 g/mol. The zero-order chi connectivity index (χ0) is 19.4. The summed E-state index contributed by atoms with van der Waals surface area (Å²) in [4.78, 5) is 12.9. The second-order valence-corrected chi connectivity index (χ2v) is 10.0. The number of halogens is 2. The number of carbonyl (C=O) groups is 1. The van der Waals surface area contributed by atoms with Gasteiger partial charge in [-0.05, 0) is 29.8 Å². The second kappa shape index (κ2) is 8.89. The summed E-state index contributed by atoms with van der Waals surface area (Å²) in [5, 5.41) is 3.65. The van der Waals surface area contributed by atoms with E-state index in [4.69, 9.17) is 27.9 Å². The summed E-state index contributed by atoms with van der Waals surface area (Å²) in [5.41, 5.74) is 0.570. The molecule has 10 heteroatoms. The van der Waals surface area contributed by atoms with Gasteiger partial charge >= 0.3 is 0 Å². The van der Waals surface area contributed by atoms with Gasteiger partial charge in [0.25, 0.3) is 10.0 Å². The van der Waals surface area contributed by atoms with Crippen LogP contribution in [0.5, 0.6) is 0 Å². The SMILES string of the molecule is O=C(Cc1c(Cl)cccc1Cl)NCc1ccc(S(=O)(=O)N2CCOCC2)s1. The quantitative estimate of drug-likeness (QED) is 0.736. The number of sulfonamides is 1. The van der Waals surface area contributed by atoms with Crippen LogP contribution in [0.15, 0.2) is 34.5 Å². The Morgan fingerprint density at radius 3 is 2.48 bits per heavy atom. The first-order valence-electron chi connectivity index (χ1n) is 8.24. The standard InChI is InChI=1S/C17H18Cl2N2O4S2/c18-14-2-1-3-15(19)13(14)10-16(22)20-11-12-4-5-17(26-12)27(23,24)21-6-8-25-9-7-21/h1-5H,6-11H2,(H,20,22). The van der Waals surface area contributed by atoms with Gasteiger partial charge < -0.3 is 10.1 Å². The molecule has 1 aromatic carbocycles. The zero-order valence-corrected chi connectivity index (χ0v) is 17.4. The lowest BCUT2D eigenvalue weighted by molar-refractivity contribution is -0.120. The minimum absolute atomic E-state index is 0.0583. The number of amides is 1. The third kappa shape index (κ3) is 5.01. The van der Waals surface area contributed by atoms with Crippen LogP contribution in [-0.2, 0) is 32.5 Å². The van der Waals surface area contributed by atoms with E-state index in [0.29, 0.717) is 41.9 Å². The second-order valence-electron chi connectivity index (χ2n) is 5.89. The van der Waals surface area contributed by atoms with E-state index in [2.05, 4.69) is 5.32 Å². The normalized spacial score (nSPS) is 15.6. The molecule has 1 amide bonds. The largest absolute Gasteiger partial charge is 0.379 e. The first-order chi connectivity index (χ1) is 12.9. The Bertz CT molecular complexity index is 905. The van der Waals surface area contributed by atoms with Gasteiger partial charge in [-0.25, -0.2) is 8.42 Å². The number of benzene rings is 1. The van der Waals surface area contributed by atoms with E-state index in [1.807, 2.05) is 0 Å². The van der Waals surface area contributed by atoms with E-state index in [-0.39, 0.29) is 23.1 Å². The van der Waals surface area contributed by atoms with Crippen LogP contribution >= 0.6 is 34.5 Å². The van der Waals surface area contributed by atoms with Crippen molar-refractivity contribution in [3.8, 4) is 0 Å². The van der Waals surface area contributed by atoms with Crippen molar-refractivity contribution in [3.63, 3.8) is 0 Å². The molecular formula is C17H18Cl2N2O4S2. The number of nitrogens with one attached hydrogen (secondary N) is 1. The third-order valence-electron chi connectivity index (χ3n) is 4.06. The van der Waals surface area contributed by atoms with Crippen molar-refractivity contribution in [2.75, 3.05) is 26.3 Å². The lowest BCUT2D eigenvalue weighted by atomic mass is 10.1. The van der Waals surface area contributed by atoms with E-state index in [1.165, 1.54) is 4.31 Å². The van der Waals surface area contributed by atoms with Crippen molar-refractivity contribution < 1.29 is 17.9 Å². The number of hydrogen-bond donors (Lipinski definition) is 1. The summed E-state index contributed by atoms with van der Waals surface area (Å²) < 4.78 is 32.1. The smallest absolute Gasteiger partial charge is 0.252 e. The summed E-state index contributed by atoms with van der Waals surface area (Å²) in [7, 11) is -3.52. The minimum Gasteiger partial charge on any atom is -0.379 e. The van der Waals surface area contributed by atoms with E-state index in [0.717, 1.165) is 16.2 Å². The van der Waals surface area contributed by atoms with Gasteiger partial charge in [-0.1, -0.05) is 29.3 Å². The Kier molecular flexibility index (Phi) is 6.78. The Hall–Kier alpha value is -1.16. The number of morpholine rings is 1. The Morgan fingerprint density at radius 1 is 1.15 bits per heavy atom. The summed E-state index contributed by atoms with van der Waals surface area (Å²) in [6, 6.07) is 8.35. The molecule has 1 fully saturated rings. The summed E-state index contributed by atoms with van der Waals surface area (Å²) in [6.07, 6.45) is 0.0583. The molecule has 6 nitrogen and oxygen atoms in total. The minimum atomic E-state index is -3.52. The molecular weight excluding hydrogens is 431 g/mol. The van der Waals surface area contributed by atoms with Crippen LogP contribution in [0.25, 0.3) is 0 Å². The molecule has 1 saturated heterocycles. The number of ether oxygens (including phenoxy) is 1. The topological polar surface area (TPSA) is 75.7 Å². The molecule has 0 bridgehead atoms. The number of carbonyl (C=O) groups excluding carboxylic acids is 1. The van der Waals surface area contributed by atoms with Crippen molar-refractivity contribution in [1.29, 1.82) is 0 Å². The maximum Gasteiger partial charge on any atom is 0.252 e. The first-order valence-corrected chi connectivity index (χ1v) is 11.3. The van der Waals surface area contributed by atoms with Gasteiger partial charge in [-0.3, -0.25) is 4.79 Å². The third-order valence-corrected chi connectivity index (χ3v) is 8.22. The Morgan fingerprint density at radius 2 is 1.81 bits per heavy atom. The highest BCUT2D eigenvalue weighted by molar-refractivity contribution is 7.91. The fourth-order valence-electron chi connectivity index (χ4n) is 2.62. The molecule has 1 aliphatic rings. The highest BCUT2D eigenvalue weighted by Gasteiger charge is 2.27. The van der Waals surface area contributed by atoms with Crippen LogP contribution in [-0.4, -0.2) is 44.9 Å². The molecule has 0 spiro atoms. The van der Waals surface area contributed by atoms with Gasteiger partial charge in [0.15, 0.2) is 0 Å². The van der Waals surface area contributed by atoms with Crippen LogP contribution in [0.2, 0.25) is 10.0 Å². The van der Waals surface area contributed by atoms with Crippen LogP contribution in [0.1, 0.15) is 10.4 Å². The van der Waals surface area contributed by atoms with Crippen LogP contribution in [0.4, 0.5) is 0 Å². The predicted octanol–water partition coefficient (Wildman–Crippen LogP) is 2.93. The van der Waals surface area contributed by atoms with Crippen molar-refractivity contribution in [2.45, 2.75) is 17.2 Å². The van der Waals surface area contributed by atoms with Gasteiger partial charge in [0.2, 0.25) is 5.91 Å². The van der Waals surface area contributed by atoms with Gasteiger partial charge in [0.1, 0.15) is 4.21 Å². The molecule has 3 rings (SSSR count). The van der Waals surface area contributed by atoms with Crippen LogP contribution < -0.4 is 5.32 Å². The molecule has 1 aromatic heterocycles. The van der Waals surface area contributed by atoms with Crippen molar-refractivity contribution in [1.82, 2.24) is 9.62 Å². The predicted molar refractivity (Wildman–Crippen MR) is 106 cm³/mol. The lowest BCUT2D eigenvalue weighted by Crippen LogP contribution is -2.40. The van der Waals surface area contributed by atoms with Crippen LogP contribution in [0, 0.1) is 0 Å². The molecule has 1 aliphatic heterocycles. The number of nitrogens with zero attached hydrogens (tertiary/aromatic N) is 1. The van der Waals surface area contributed by atoms with Crippen molar-refractivity contribution >= 4 is 50.5 Å². The molecule has 0 atom stereocenters. The summed E-state index contributed by atoms with van der Waals surface area (Å²) in [5.74, 6) is -0.240. The summed E-state index contributed by atoms with van der Waals surface area (Å²) >= 11 is 13.3. The van der Waals surface area contributed by atoms with E-state index in [9.17, 15) is 13.2 Å². The fraction of sp³-hybridized carbons (Fsp3) is 0.353. The monoisotopic (exact) mass is 448 g/mol. The zero-order valence-electron chi connectivity index (χ0n) is 14.3. The molecule has 0 saturated carbocycles. The highest BCUT2D eigenvalue weighted by Crippen LogP contribution is 2.26. The lowest BCUT2D eigenvalue weighted by Gasteiger charge is -2.25. The molecule has 146 valence electrons. The molecule has 0 unspecified atom stereocenters. The number of rotatable bonds is 6. The Labute approximate surface area is 172 Å². The van der Waals surface area contributed by atoms with Gasteiger partial charge in [-0.15, -0.1) is 11.3 Å². The molecule has 27 heavy (non-hydrogen) atoms. The maximum absolute atomic E-state index is 12.6. The molecule has 0 aliphatic carbocycles. The molecule has 2 aromatic rings. The van der Waals surface area contributed by atoms with E-state index in [1.54, 1.807) is 30.3 Å². The fourth-order valence-corrected chi connectivity index (χ4v) is 6.00. The molecule has 0 radical (unpaired) electrons. The van der Waals surface area contributed by atoms with E-state index >= 15 is 0 Å². The van der Waals surface area contributed by atoms with Crippen molar-refractivity contribution in [2.24, 2.45) is 0 Å². The average Bonchev–Trinajstić information content (AvgIpc) is 3.14. The number of hydrogen-bond acceptors (Lipinski definition) is 5. The van der Waals surface area contributed by atoms with Gasteiger partial charge in [0, 0.05) is 28.0 Å². The number of thiophene rings is 1. The van der Waals surface area contributed by atoms with E-state index < -0.39 is 10.0 Å². The van der Waals surface area contributed by atoms with Crippen LogP contribution in [0.3, 0.4) is 0 Å². The molecule has 2 heterocycles. The highest BCUT2D eigenvalue weighted by atomic mass is 35.5. The molecule has 1 N–H and O–H groups in total. The van der Waals surface area contributed by atoms with Crippen molar-refractivity contribution in [3.05, 3.63) is 50.8 Å². The summed E-state index contributed by atoms with van der Waals surface area (Å²) in [6.45, 7) is 1.75. The van der Waals surface area contributed by atoms with Gasteiger partial charge in [-0.2, -0.15) is 4.31 Å². The van der Waals surface area contributed by atoms with Gasteiger partial charge in [0.05, 0.1) is 26.2 Å².